The second-order valence-electron chi connectivity index (χ2n) is 6.10. The van der Waals surface area contributed by atoms with Crippen LogP contribution in [0.15, 0.2) is 66.9 Å². The molecule has 0 atom stereocenters. The molecular weight excluding hydrogens is 338 g/mol. The van der Waals surface area contributed by atoms with Crippen LogP contribution < -0.4 is 15.4 Å². The highest BCUT2D eigenvalue weighted by molar-refractivity contribution is 6.03. The van der Waals surface area contributed by atoms with Gasteiger partial charge in [-0.25, -0.2) is 4.98 Å². The molecule has 1 aromatic heterocycles. The van der Waals surface area contributed by atoms with Gasteiger partial charge in [-0.15, -0.1) is 0 Å². The van der Waals surface area contributed by atoms with E-state index in [1.165, 1.54) is 0 Å². The molecule has 5 nitrogen and oxygen atoms in total. The number of ether oxygens (including phenoxy) is 1. The van der Waals surface area contributed by atoms with Crippen molar-refractivity contribution >= 4 is 17.3 Å². The van der Waals surface area contributed by atoms with Gasteiger partial charge in [0.15, 0.2) is 0 Å². The number of pyridine rings is 1. The number of nitrogens with zero attached hydrogens (tertiary/aromatic N) is 1. The van der Waals surface area contributed by atoms with Crippen LogP contribution in [-0.2, 0) is 13.0 Å². The van der Waals surface area contributed by atoms with E-state index in [0.29, 0.717) is 12.2 Å². The molecule has 0 radical (unpaired) electrons. The molecule has 0 aliphatic carbocycles. The largest absolute Gasteiger partial charge is 0.497 e. The van der Waals surface area contributed by atoms with Crippen molar-refractivity contribution in [3.63, 3.8) is 0 Å². The van der Waals surface area contributed by atoms with Crippen molar-refractivity contribution in [1.29, 1.82) is 0 Å². The van der Waals surface area contributed by atoms with E-state index in [1.807, 2.05) is 54.6 Å². The summed E-state index contributed by atoms with van der Waals surface area (Å²) in [6.45, 7) is 2.73. The number of rotatable bonds is 7. The zero-order valence-electron chi connectivity index (χ0n) is 15.5. The molecule has 1 amide bonds. The van der Waals surface area contributed by atoms with Gasteiger partial charge in [0, 0.05) is 12.2 Å². The Bertz CT molecular complexity index is 890. The normalized spacial score (nSPS) is 10.3. The molecule has 5 heteroatoms. The fourth-order valence-corrected chi connectivity index (χ4v) is 2.72. The highest BCUT2D eigenvalue weighted by Gasteiger charge is 2.09. The molecule has 0 aliphatic rings. The highest BCUT2D eigenvalue weighted by Crippen LogP contribution is 2.17. The molecule has 27 heavy (non-hydrogen) atoms. The molecule has 0 aliphatic heterocycles. The predicted molar refractivity (Wildman–Crippen MR) is 108 cm³/mol. The van der Waals surface area contributed by atoms with E-state index in [-0.39, 0.29) is 5.91 Å². The van der Waals surface area contributed by atoms with Crippen molar-refractivity contribution in [3.8, 4) is 5.75 Å². The maximum absolute atomic E-state index is 12.4. The fourth-order valence-electron chi connectivity index (χ4n) is 2.72. The Hall–Kier alpha value is -3.34. The number of aromatic nitrogens is 1. The Balaban J connectivity index is 1.59. The molecule has 3 rings (SSSR count). The number of carbonyl (C=O) groups excluding carboxylic acids is 1. The van der Waals surface area contributed by atoms with Gasteiger partial charge in [0.05, 0.1) is 19.0 Å². The summed E-state index contributed by atoms with van der Waals surface area (Å²) in [6, 6.07) is 19.2. The SMILES string of the molecule is CCc1ccccc1NC(=O)c1ccc(NCc2ccc(OC)cc2)cn1. The van der Waals surface area contributed by atoms with Crippen LogP contribution in [0.3, 0.4) is 0 Å². The Kier molecular flexibility index (Phi) is 6.05. The van der Waals surface area contributed by atoms with E-state index < -0.39 is 0 Å². The molecule has 138 valence electrons. The number of hydrogen-bond donors (Lipinski definition) is 2. The Morgan fingerprint density at radius 1 is 1.04 bits per heavy atom. The monoisotopic (exact) mass is 361 g/mol. The quantitative estimate of drug-likeness (QED) is 0.650. The molecule has 0 unspecified atom stereocenters. The van der Waals surface area contributed by atoms with Crippen molar-refractivity contribution < 1.29 is 9.53 Å². The lowest BCUT2D eigenvalue weighted by Crippen LogP contribution is -2.14. The first-order valence-electron chi connectivity index (χ1n) is 8.91. The van der Waals surface area contributed by atoms with Gasteiger partial charge >= 0.3 is 0 Å². The Labute approximate surface area is 159 Å². The minimum atomic E-state index is -0.211. The van der Waals surface area contributed by atoms with Crippen molar-refractivity contribution in [2.75, 3.05) is 17.7 Å². The van der Waals surface area contributed by atoms with E-state index in [4.69, 9.17) is 4.74 Å². The summed E-state index contributed by atoms with van der Waals surface area (Å²) in [6.07, 6.45) is 2.53. The molecule has 0 fully saturated rings. The topological polar surface area (TPSA) is 63.2 Å². The zero-order valence-corrected chi connectivity index (χ0v) is 15.5. The molecule has 0 saturated heterocycles. The minimum Gasteiger partial charge on any atom is -0.497 e. The number of benzene rings is 2. The maximum Gasteiger partial charge on any atom is 0.274 e. The molecule has 1 heterocycles. The van der Waals surface area contributed by atoms with Crippen molar-refractivity contribution in [2.45, 2.75) is 19.9 Å². The Morgan fingerprint density at radius 3 is 2.48 bits per heavy atom. The van der Waals surface area contributed by atoms with E-state index in [1.54, 1.807) is 19.4 Å². The molecule has 0 saturated carbocycles. The second kappa shape index (κ2) is 8.85. The summed E-state index contributed by atoms with van der Waals surface area (Å²) in [4.78, 5) is 16.7. The number of methoxy groups -OCH3 is 1. The van der Waals surface area contributed by atoms with Gasteiger partial charge in [0.25, 0.3) is 5.91 Å². The number of carbonyl (C=O) groups is 1. The number of aryl methyl sites for hydroxylation is 1. The number of para-hydroxylation sites is 1. The van der Waals surface area contributed by atoms with Crippen LogP contribution in [0.5, 0.6) is 5.75 Å². The second-order valence-corrected chi connectivity index (χ2v) is 6.10. The highest BCUT2D eigenvalue weighted by atomic mass is 16.5. The first-order chi connectivity index (χ1) is 13.2. The summed E-state index contributed by atoms with van der Waals surface area (Å²) >= 11 is 0. The first kappa shape index (κ1) is 18.5. The average Bonchev–Trinajstić information content (AvgIpc) is 2.73. The van der Waals surface area contributed by atoms with Crippen molar-refractivity contribution in [1.82, 2.24) is 4.98 Å². The number of nitrogens with one attached hydrogen (secondary N) is 2. The number of anilines is 2. The summed E-state index contributed by atoms with van der Waals surface area (Å²) in [5.74, 6) is 0.623. The molecule has 2 N–H and O–H groups in total. The number of amides is 1. The fraction of sp³-hybridized carbons (Fsp3) is 0.182. The van der Waals surface area contributed by atoms with Gasteiger partial charge < -0.3 is 15.4 Å². The van der Waals surface area contributed by atoms with E-state index >= 15 is 0 Å². The van der Waals surface area contributed by atoms with Gasteiger partial charge in [0.2, 0.25) is 0 Å². The van der Waals surface area contributed by atoms with Gasteiger partial charge in [-0.05, 0) is 47.9 Å². The van der Waals surface area contributed by atoms with Crippen LogP contribution in [0.1, 0.15) is 28.5 Å². The molecule has 2 aromatic carbocycles. The predicted octanol–water partition coefficient (Wildman–Crippen LogP) is 4.52. The van der Waals surface area contributed by atoms with E-state index in [0.717, 1.165) is 34.7 Å². The van der Waals surface area contributed by atoms with Crippen LogP contribution >= 0.6 is 0 Å². The third-order valence-electron chi connectivity index (χ3n) is 4.30. The molecule has 0 spiro atoms. The maximum atomic E-state index is 12.4. The van der Waals surface area contributed by atoms with E-state index in [9.17, 15) is 4.79 Å². The lowest BCUT2D eigenvalue weighted by Gasteiger charge is -2.10. The van der Waals surface area contributed by atoms with Crippen LogP contribution in [0.4, 0.5) is 11.4 Å². The van der Waals surface area contributed by atoms with Gasteiger partial charge in [0.1, 0.15) is 11.4 Å². The van der Waals surface area contributed by atoms with Gasteiger partial charge in [-0.1, -0.05) is 37.3 Å². The van der Waals surface area contributed by atoms with Gasteiger partial charge in [-0.3, -0.25) is 4.79 Å². The van der Waals surface area contributed by atoms with Crippen molar-refractivity contribution in [2.24, 2.45) is 0 Å². The third kappa shape index (κ3) is 4.85. The summed E-state index contributed by atoms with van der Waals surface area (Å²) in [5, 5.41) is 6.23. The third-order valence-corrected chi connectivity index (χ3v) is 4.30. The zero-order chi connectivity index (χ0) is 19.1. The lowest BCUT2D eigenvalue weighted by molar-refractivity contribution is 0.102. The van der Waals surface area contributed by atoms with Crippen LogP contribution in [0, 0.1) is 0 Å². The molecular formula is C22H23N3O2. The standard InChI is InChI=1S/C22H23N3O2/c1-3-17-6-4-5-7-20(17)25-22(26)21-13-10-18(15-24-21)23-14-16-8-11-19(27-2)12-9-16/h4-13,15,23H,3,14H2,1-2H3,(H,25,26). The van der Waals surface area contributed by atoms with Crippen LogP contribution in [0.25, 0.3) is 0 Å². The Morgan fingerprint density at radius 2 is 1.81 bits per heavy atom. The van der Waals surface area contributed by atoms with Gasteiger partial charge in [-0.2, -0.15) is 0 Å². The van der Waals surface area contributed by atoms with E-state index in [2.05, 4.69) is 22.5 Å². The summed E-state index contributed by atoms with van der Waals surface area (Å²) in [5.41, 5.74) is 4.30. The minimum absolute atomic E-state index is 0.211. The smallest absolute Gasteiger partial charge is 0.274 e. The summed E-state index contributed by atoms with van der Waals surface area (Å²) in [7, 11) is 1.65. The van der Waals surface area contributed by atoms with Crippen molar-refractivity contribution in [3.05, 3.63) is 83.7 Å². The molecule has 0 bridgehead atoms. The van der Waals surface area contributed by atoms with Crippen LogP contribution in [0.2, 0.25) is 0 Å². The number of hydrogen-bond acceptors (Lipinski definition) is 4. The first-order valence-corrected chi connectivity index (χ1v) is 8.91. The lowest BCUT2D eigenvalue weighted by atomic mass is 10.1. The summed E-state index contributed by atoms with van der Waals surface area (Å²) < 4.78 is 5.16. The van der Waals surface area contributed by atoms with Crippen LogP contribution in [-0.4, -0.2) is 18.0 Å². The average molecular weight is 361 g/mol. The molecule has 3 aromatic rings.